The Kier molecular flexibility index (Phi) is 5.34. The molecule has 0 unspecified atom stereocenters. The number of aromatic nitrogens is 2. The SMILES string of the molecule is C/C=C/Cn1c(C(=O)c2cc(C)cc(C)c2)c(CC)c(=O)[nH]c1=O. The molecule has 1 aromatic carbocycles. The molecule has 5 heteroatoms. The molecule has 2 rings (SSSR count). The van der Waals surface area contributed by atoms with Crippen LogP contribution in [0.5, 0.6) is 0 Å². The van der Waals surface area contributed by atoms with Gasteiger partial charge in [-0.3, -0.25) is 19.1 Å². The Morgan fingerprint density at radius 3 is 2.33 bits per heavy atom. The molecule has 0 aliphatic rings. The van der Waals surface area contributed by atoms with E-state index in [-0.39, 0.29) is 18.0 Å². The minimum Gasteiger partial charge on any atom is -0.287 e. The zero-order valence-corrected chi connectivity index (χ0v) is 14.5. The molecule has 1 aromatic heterocycles. The van der Waals surface area contributed by atoms with Crippen LogP contribution in [0.15, 0.2) is 39.9 Å². The highest BCUT2D eigenvalue weighted by atomic mass is 16.2. The van der Waals surface area contributed by atoms with Gasteiger partial charge in [0.05, 0.1) is 0 Å². The summed E-state index contributed by atoms with van der Waals surface area (Å²) in [6.07, 6.45) is 3.95. The number of benzene rings is 1. The molecule has 126 valence electrons. The summed E-state index contributed by atoms with van der Waals surface area (Å²) in [5.74, 6) is -0.300. The summed E-state index contributed by atoms with van der Waals surface area (Å²) in [5, 5.41) is 0. The van der Waals surface area contributed by atoms with Gasteiger partial charge in [0, 0.05) is 17.7 Å². The van der Waals surface area contributed by atoms with E-state index >= 15 is 0 Å². The van der Waals surface area contributed by atoms with Gasteiger partial charge in [-0.05, 0) is 39.3 Å². The van der Waals surface area contributed by atoms with Gasteiger partial charge >= 0.3 is 5.69 Å². The van der Waals surface area contributed by atoms with Crippen molar-refractivity contribution in [3.05, 3.63) is 79.1 Å². The average Bonchev–Trinajstić information content (AvgIpc) is 2.51. The third-order valence-electron chi connectivity index (χ3n) is 3.87. The van der Waals surface area contributed by atoms with Gasteiger partial charge in [0.25, 0.3) is 5.56 Å². The fourth-order valence-electron chi connectivity index (χ4n) is 2.83. The quantitative estimate of drug-likeness (QED) is 0.678. The van der Waals surface area contributed by atoms with Crippen molar-refractivity contribution >= 4 is 5.78 Å². The number of nitrogens with zero attached hydrogens (tertiary/aromatic N) is 1. The molecule has 0 aliphatic heterocycles. The molecule has 0 saturated carbocycles. The number of ketones is 1. The molecule has 5 nitrogen and oxygen atoms in total. The van der Waals surface area contributed by atoms with Gasteiger partial charge in [-0.1, -0.05) is 36.3 Å². The van der Waals surface area contributed by atoms with Crippen LogP contribution in [0.4, 0.5) is 0 Å². The van der Waals surface area contributed by atoms with Crippen molar-refractivity contribution in [2.45, 2.75) is 40.7 Å². The topological polar surface area (TPSA) is 71.9 Å². The second-order valence-electron chi connectivity index (χ2n) is 5.83. The smallest absolute Gasteiger partial charge is 0.287 e. The van der Waals surface area contributed by atoms with E-state index in [0.29, 0.717) is 17.5 Å². The standard InChI is InChI=1S/C19H22N2O3/c1-5-7-8-21-16(15(6-2)18(23)20-19(21)24)17(22)14-10-12(3)9-13(4)11-14/h5,7,9-11H,6,8H2,1-4H3,(H,20,23,24)/b7-5+. The fourth-order valence-corrected chi connectivity index (χ4v) is 2.83. The lowest BCUT2D eigenvalue weighted by Crippen LogP contribution is -2.37. The first-order valence-corrected chi connectivity index (χ1v) is 7.99. The van der Waals surface area contributed by atoms with Crippen LogP contribution in [0.2, 0.25) is 0 Å². The maximum atomic E-state index is 13.1. The first-order chi connectivity index (χ1) is 11.4. The molecule has 0 spiro atoms. The fraction of sp³-hybridized carbons (Fsp3) is 0.316. The Hall–Kier alpha value is -2.69. The predicted octanol–water partition coefficient (Wildman–Crippen LogP) is 2.52. The largest absolute Gasteiger partial charge is 0.329 e. The van der Waals surface area contributed by atoms with Crippen LogP contribution >= 0.6 is 0 Å². The minimum atomic E-state index is -0.567. The molecular formula is C19H22N2O3. The van der Waals surface area contributed by atoms with Crippen LogP contribution in [-0.4, -0.2) is 15.3 Å². The van der Waals surface area contributed by atoms with E-state index < -0.39 is 11.2 Å². The average molecular weight is 326 g/mol. The number of hydrogen-bond acceptors (Lipinski definition) is 3. The molecule has 0 saturated heterocycles. The monoisotopic (exact) mass is 326 g/mol. The maximum absolute atomic E-state index is 13.1. The molecule has 2 aromatic rings. The van der Waals surface area contributed by atoms with Crippen molar-refractivity contribution < 1.29 is 4.79 Å². The van der Waals surface area contributed by atoms with Gasteiger partial charge in [0.1, 0.15) is 5.69 Å². The van der Waals surface area contributed by atoms with Gasteiger partial charge < -0.3 is 0 Å². The van der Waals surface area contributed by atoms with Gasteiger partial charge in [0.2, 0.25) is 5.78 Å². The van der Waals surface area contributed by atoms with Gasteiger partial charge in [-0.2, -0.15) is 0 Å². The lowest BCUT2D eigenvalue weighted by molar-refractivity contribution is 0.102. The number of carbonyl (C=O) groups is 1. The summed E-state index contributed by atoms with van der Waals surface area (Å²) in [6, 6.07) is 5.53. The second kappa shape index (κ2) is 7.25. The van der Waals surface area contributed by atoms with E-state index in [1.807, 2.05) is 26.8 Å². The van der Waals surface area contributed by atoms with Crippen LogP contribution in [0, 0.1) is 13.8 Å². The molecule has 0 radical (unpaired) electrons. The molecule has 0 amide bonds. The summed E-state index contributed by atoms with van der Waals surface area (Å²) >= 11 is 0. The van der Waals surface area contributed by atoms with E-state index in [9.17, 15) is 14.4 Å². The summed E-state index contributed by atoms with van der Waals surface area (Å²) in [6.45, 7) is 7.70. The first kappa shape index (κ1) is 17.7. The van der Waals surface area contributed by atoms with Crippen LogP contribution in [-0.2, 0) is 13.0 Å². The molecular weight excluding hydrogens is 304 g/mol. The van der Waals surface area contributed by atoms with Crippen molar-refractivity contribution in [1.82, 2.24) is 9.55 Å². The molecule has 1 heterocycles. The highest BCUT2D eigenvalue weighted by Crippen LogP contribution is 2.15. The van der Waals surface area contributed by atoms with E-state index in [4.69, 9.17) is 0 Å². The van der Waals surface area contributed by atoms with Gasteiger partial charge in [-0.15, -0.1) is 0 Å². The van der Waals surface area contributed by atoms with Gasteiger partial charge in [0.15, 0.2) is 0 Å². The summed E-state index contributed by atoms with van der Waals surface area (Å²) in [4.78, 5) is 39.8. The molecule has 1 N–H and O–H groups in total. The van der Waals surface area contributed by atoms with E-state index in [0.717, 1.165) is 11.1 Å². The van der Waals surface area contributed by atoms with Crippen molar-refractivity contribution in [2.24, 2.45) is 0 Å². The van der Waals surface area contributed by atoms with Crippen LogP contribution < -0.4 is 11.2 Å². The number of aromatic amines is 1. The Morgan fingerprint density at radius 1 is 1.17 bits per heavy atom. The van der Waals surface area contributed by atoms with Crippen molar-refractivity contribution in [3.63, 3.8) is 0 Å². The van der Waals surface area contributed by atoms with Crippen LogP contribution in [0.25, 0.3) is 0 Å². The number of allylic oxidation sites excluding steroid dienone is 2. The lowest BCUT2D eigenvalue weighted by atomic mass is 9.99. The zero-order valence-electron chi connectivity index (χ0n) is 14.5. The molecule has 0 fully saturated rings. The second-order valence-corrected chi connectivity index (χ2v) is 5.83. The predicted molar refractivity (Wildman–Crippen MR) is 94.9 cm³/mol. The van der Waals surface area contributed by atoms with E-state index in [1.54, 1.807) is 31.2 Å². The van der Waals surface area contributed by atoms with E-state index in [1.165, 1.54) is 4.57 Å². The maximum Gasteiger partial charge on any atom is 0.329 e. The Morgan fingerprint density at radius 2 is 1.79 bits per heavy atom. The summed E-state index contributed by atoms with van der Waals surface area (Å²) in [7, 11) is 0. The first-order valence-electron chi connectivity index (χ1n) is 7.99. The third kappa shape index (κ3) is 3.45. The van der Waals surface area contributed by atoms with Crippen LogP contribution in [0.3, 0.4) is 0 Å². The zero-order chi connectivity index (χ0) is 17.9. The van der Waals surface area contributed by atoms with Crippen molar-refractivity contribution in [3.8, 4) is 0 Å². The minimum absolute atomic E-state index is 0.175. The number of carbonyl (C=O) groups excluding carboxylic acids is 1. The number of rotatable bonds is 5. The molecule has 24 heavy (non-hydrogen) atoms. The number of aryl methyl sites for hydroxylation is 2. The van der Waals surface area contributed by atoms with E-state index in [2.05, 4.69) is 4.98 Å². The van der Waals surface area contributed by atoms with Crippen molar-refractivity contribution in [1.29, 1.82) is 0 Å². The summed E-state index contributed by atoms with van der Waals surface area (Å²) < 4.78 is 1.33. The van der Waals surface area contributed by atoms with Crippen molar-refractivity contribution in [2.75, 3.05) is 0 Å². The highest BCUT2D eigenvalue weighted by Gasteiger charge is 2.21. The normalized spacial score (nSPS) is 11.2. The molecule has 0 bridgehead atoms. The highest BCUT2D eigenvalue weighted by molar-refractivity contribution is 6.09. The molecule has 0 aliphatic carbocycles. The number of hydrogen-bond donors (Lipinski definition) is 1. The number of nitrogens with one attached hydrogen (secondary N) is 1. The Labute approximate surface area is 140 Å². The Balaban J connectivity index is 2.76. The summed E-state index contributed by atoms with van der Waals surface area (Å²) in [5.41, 5.74) is 1.86. The molecule has 0 atom stereocenters. The number of H-pyrrole nitrogens is 1. The van der Waals surface area contributed by atoms with Crippen LogP contribution in [0.1, 0.15) is 46.6 Å². The lowest BCUT2D eigenvalue weighted by Gasteiger charge is -2.14. The third-order valence-corrected chi connectivity index (χ3v) is 3.87. The Bertz CT molecular complexity index is 897. The van der Waals surface area contributed by atoms with Gasteiger partial charge in [-0.25, -0.2) is 4.79 Å².